The summed E-state index contributed by atoms with van der Waals surface area (Å²) >= 11 is 1.36. The number of thiophene rings is 1. The molecule has 4 aromatic rings. The molecule has 0 radical (unpaired) electrons. The number of amidine groups is 1. The maximum atomic E-state index is 13.5. The minimum absolute atomic E-state index is 0.0166. The lowest BCUT2D eigenvalue weighted by atomic mass is 10.1. The number of carbonyl (C=O) groups is 3. The number of carboxylic acid groups (broad SMARTS) is 2. The molecule has 1 unspecified atom stereocenters. The molecule has 1 aliphatic heterocycles. The van der Waals surface area contributed by atoms with Gasteiger partial charge in [0, 0.05) is 30.8 Å². The Morgan fingerprint density at radius 3 is 2.04 bits per heavy atom. The van der Waals surface area contributed by atoms with Crippen LogP contribution in [0.15, 0.2) is 81.9 Å². The van der Waals surface area contributed by atoms with Gasteiger partial charge < -0.3 is 26.6 Å². The van der Waals surface area contributed by atoms with E-state index in [9.17, 15) is 39.6 Å². The zero-order chi connectivity index (χ0) is 38.3. The first kappa shape index (κ1) is 40.2. The molecule has 1 atom stereocenters. The van der Waals surface area contributed by atoms with E-state index in [1.54, 1.807) is 53.4 Å². The van der Waals surface area contributed by atoms with Crippen molar-refractivity contribution >= 4 is 61.3 Å². The average Bonchev–Trinajstić information content (AvgIpc) is 3.71. The molecule has 1 fully saturated rings. The molecule has 0 spiro atoms. The maximum Gasteiger partial charge on any atom is 0.490 e. The maximum absolute atomic E-state index is 13.5. The third-order valence-corrected chi connectivity index (χ3v) is 9.69. The van der Waals surface area contributed by atoms with Crippen LogP contribution in [0.25, 0.3) is 10.8 Å². The van der Waals surface area contributed by atoms with Crippen LogP contribution in [-0.2, 0) is 30.8 Å². The van der Waals surface area contributed by atoms with Gasteiger partial charge in [-0.25, -0.2) is 18.0 Å². The first-order chi connectivity index (χ1) is 23.6. The van der Waals surface area contributed by atoms with Crippen LogP contribution in [0.1, 0.15) is 35.0 Å². The summed E-state index contributed by atoms with van der Waals surface area (Å²) < 4.78 is 90.4. The molecule has 0 aliphatic carbocycles. The number of benzene rings is 3. The SMILES string of the molecule is N=C(N)c1cc(C(NCc2cccc(S(=O)(=O)c3ccc4ccc(N)cc4c3)c2)N2CCCC2=O)cs1.O=C(O)C(F)(F)F.O=C(O)C(F)(F)F. The molecule has 0 bridgehead atoms. The van der Waals surface area contributed by atoms with E-state index in [1.807, 2.05) is 23.6 Å². The molecule has 2 heterocycles. The number of nitrogens with zero attached hydrogens (tertiary/aromatic N) is 1. The van der Waals surface area contributed by atoms with Crippen LogP contribution in [-0.4, -0.2) is 66.1 Å². The number of amides is 1. The lowest BCUT2D eigenvalue weighted by molar-refractivity contribution is -0.193. The molecule has 0 saturated carbocycles. The number of fused-ring (bicyclic) bond motifs is 1. The number of sulfone groups is 1. The largest absolute Gasteiger partial charge is 0.490 e. The van der Waals surface area contributed by atoms with Crippen LogP contribution in [0.3, 0.4) is 0 Å². The van der Waals surface area contributed by atoms with Crippen molar-refractivity contribution in [2.24, 2.45) is 5.73 Å². The third-order valence-electron chi connectivity index (χ3n) is 6.96. The highest BCUT2D eigenvalue weighted by atomic mass is 32.2. The summed E-state index contributed by atoms with van der Waals surface area (Å²) in [6, 6.07) is 19.1. The van der Waals surface area contributed by atoms with Crippen LogP contribution in [0.2, 0.25) is 0 Å². The highest BCUT2D eigenvalue weighted by Gasteiger charge is 2.39. The van der Waals surface area contributed by atoms with E-state index in [-0.39, 0.29) is 21.5 Å². The van der Waals surface area contributed by atoms with Gasteiger partial charge in [-0.2, -0.15) is 26.3 Å². The predicted octanol–water partition coefficient (Wildman–Crippen LogP) is 5.28. The van der Waals surface area contributed by atoms with Crippen molar-refractivity contribution in [1.82, 2.24) is 10.2 Å². The number of halogens is 6. The first-order valence-electron chi connectivity index (χ1n) is 14.3. The number of nitrogens with two attached hydrogens (primary N) is 2. The summed E-state index contributed by atoms with van der Waals surface area (Å²) in [6.07, 6.45) is -9.29. The third kappa shape index (κ3) is 10.9. The number of nitrogen functional groups attached to an aromatic ring is 2. The summed E-state index contributed by atoms with van der Waals surface area (Å²) in [6.45, 7) is 0.972. The highest BCUT2D eigenvalue weighted by molar-refractivity contribution is 7.91. The Morgan fingerprint density at radius 1 is 0.922 bits per heavy atom. The number of carbonyl (C=O) groups excluding carboxylic acids is 1. The Kier molecular flexibility index (Phi) is 12.8. The molecule has 12 nitrogen and oxygen atoms in total. The molecular weight excluding hydrogens is 732 g/mol. The van der Waals surface area contributed by atoms with Crippen molar-refractivity contribution in [2.75, 3.05) is 12.3 Å². The number of hydrogen-bond acceptors (Lipinski definition) is 9. The average molecular weight is 762 g/mol. The number of nitrogens with one attached hydrogen (secondary N) is 2. The molecule has 1 saturated heterocycles. The molecule has 3 aromatic carbocycles. The van der Waals surface area contributed by atoms with E-state index in [0.29, 0.717) is 30.1 Å². The Hall–Kier alpha value is -5.21. The van der Waals surface area contributed by atoms with Gasteiger partial charge in [-0.05, 0) is 70.6 Å². The quantitative estimate of drug-likeness (QED) is 0.0591. The number of aliphatic carboxylic acids is 2. The topological polar surface area (TPSA) is 217 Å². The fourth-order valence-corrected chi connectivity index (χ4v) is 6.73. The van der Waals surface area contributed by atoms with Gasteiger partial charge in [0.25, 0.3) is 0 Å². The second-order valence-corrected chi connectivity index (χ2v) is 13.5. The van der Waals surface area contributed by atoms with Gasteiger partial charge in [-0.15, -0.1) is 11.3 Å². The fourth-order valence-electron chi connectivity index (χ4n) is 4.57. The molecule has 5 rings (SSSR count). The molecule has 51 heavy (non-hydrogen) atoms. The predicted molar refractivity (Wildman–Crippen MR) is 173 cm³/mol. The summed E-state index contributed by atoms with van der Waals surface area (Å²) in [7, 11) is -3.76. The van der Waals surface area contributed by atoms with Crippen LogP contribution >= 0.6 is 11.3 Å². The normalized spacial score (nSPS) is 13.8. The molecule has 274 valence electrons. The number of anilines is 1. The number of likely N-dealkylation sites (tertiary alicyclic amines) is 1. The van der Waals surface area contributed by atoms with Gasteiger partial charge in [-0.3, -0.25) is 15.5 Å². The van der Waals surface area contributed by atoms with Crippen LogP contribution in [0, 0.1) is 5.41 Å². The summed E-state index contributed by atoms with van der Waals surface area (Å²) in [4.78, 5) is 33.1. The monoisotopic (exact) mass is 761 g/mol. The Morgan fingerprint density at radius 2 is 1.51 bits per heavy atom. The Bertz CT molecular complexity index is 2010. The molecule has 1 amide bonds. The smallest absolute Gasteiger partial charge is 0.475 e. The van der Waals surface area contributed by atoms with E-state index in [2.05, 4.69) is 5.32 Å². The summed E-state index contributed by atoms with van der Waals surface area (Å²) in [5, 5.41) is 28.9. The lowest BCUT2D eigenvalue weighted by Gasteiger charge is -2.28. The number of alkyl halides is 6. The van der Waals surface area contributed by atoms with E-state index < -0.39 is 40.3 Å². The molecule has 8 N–H and O–H groups in total. The molecular formula is C31H29F6N5O7S2. The van der Waals surface area contributed by atoms with Crippen LogP contribution < -0.4 is 16.8 Å². The van der Waals surface area contributed by atoms with Gasteiger partial charge in [0.1, 0.15) is 12.0 Å². The van der Waals surface area contributed by atoms with Gasteiger partial charge in [0.2, 0.25) is 15.7 Å². The van der Waals surface area contributed by atoms with Crippen molar-refractivity contribution in [3.8, 4) is 0 Å². The lowest BCUT2D eigenvalue weighted by Crippen LogP contribution is -2.38. The van der Waals surface area contributed by atoms with Crippen LogP contribution in [0.4, 0.5) is 32.0 Å². The van der Waals surface area contributed by atoms with E-state index in [0.717, 1.165) is 28.3 Å². The second kappa shape index (κ2) is 16.2. The van der Waals surface area contributed by atoms with Gasteiger partial charge in [0.15, 0.2) is 0 Å². The minimum Gasteiger partial charge on any atom is -0.475 e. The van der Waals surface area contributed by atoms with Gasteiger partial charge in [-0.1, -0.05) is 24.3 Å². The number of rotatable bonds is 8. The van der Waals surface area contributed by atoms with Crippen molar-refractivity contribution in [3.05, 3.63) is 88.1 Å². The number of hydrogen-bond donors (Lipinski definition) is 6. The second-order valence-electron chi connectivity index (χ2n) is 10.7. The van der Waals surface area contributed by atoms with Crippen molar-refractivity contribution in [3.63, 3.8) is 0 Å². The van der Waals surface area contributed by atoms with E-state index >= 15 is 0 Å². The molecule has 1 aliphatic rings. The van der Waals surface area contributed by atoms with Crippen molar-refractivity contribution < 1.29 is 59.4 Å². The summed E-state index contributed by atoms with van der Waals surface area (Å²) in [5.74, 6) is -5.47. The standard InChI is InChI=1S/C27H27N5O3S2.2C2HF3O2/c28-21-8-6-18-7-9-23(13-19(18)12-21)37(34,35)22-4-1-3-17(11-22)15-31-27(32-10-2-5-25(32)33)20-14-24(26(29)30)36-16-20;2*3-2(4,5)1(6)7/h1,3-4,6-9,11-14,16,27,31H,2,5,10,15,28H2,(H3,29,30);2*(H,6,7). The van der Waals surface area contributed by atoms with Gasteiger partial charge in [0.05, 0.1) is 14.7 Å². The Labute approximate surface area is 289 Å². The number of carboxylic acids is 2. The minimum atomic E-state index is -5.08. The van der Waals surface area contributed by atoms with Crippen molar-refractivity contribution in [2.45, 2.75) is 47.7 Å². The first-order valence-corrected chi connectivity index (χ1v) is 16.7. The highest BCUT2D eigenvalue weighted by Crippen LogP contribution is 2.29. The van der Waals surface area contributed by atoms with E-state index in [1.165, 1.54) is 11.3 Å². The van der Waals surface area contributed by atoms with Gasteiger partial charge >= 0.3 is 24.3 Å². The van der Waals surface area contributed by atoms with E-state index in [4.69, 9.17) is 36.7 Å². The molecule has 1 aromatic heterocycles. The zero-order valence-corrected chi connectivity index (χ0v) is 27.6. The fraction of sp³-hybridized carbons (Fsp3) is 0.226. The summed E-state index contributed by atoms with van der Waals surface area (Å²) in [5.41, 5.74) is 13.7. The van der Waals surface area contributed by atoms with Crippen LogP contribution in [0.5, 0.6) is 0 Å². The van der Waals surface area contributed by atoms with Crippen molar-refractivity contribution in [1.29, 1.82) is 5.41 Å². The molecule has 20 heteroatoms. The Balaban J connectivity index is 0.000000424. The zero-order valence-electron chi connectivity index (χ0n) is 26.0.